The Kier molecular flexibility index (Phi) is 4.52. The Bertz CT molecular complexity index is 674. The Morgan fingerprint density at radius 1 is 1.23 bits per heavy atom. The second-order valence-corrected chi connectivity index (χ2v) is 6.66. The summed E-state index contributed by atoms with van der Waals surface area (Å²) in [5, 5.41) is 3.70. The van der Waals surface area contributed by atoms with Crippen molar-refractivity contribution in [2.75, 3.05) is 7.11 Å². The van der Waals surface area contributed by atoms with Gasteiger partial charge in [0, 0.05) is 18.1 Å². The number of fused-ring (bicyclic) bond motifs is 1. The van der Waals surface area contributed by atoms with Crippen molar-refractivity contribution in [3.8, 4) is 5.75 Å². The molecule has 0 spiro atoms. The Morgan fingerprint density at radius 2 is 1.95 bits per heavy atom. The molecule has 0 radical (unpaired) electrons. The molecule has 0 heterocycles. The Hall–Kier alpha value is -1.36. The van der Waals surface area contributed by atoms with Gasteiger partial charge < -0.3 is 15.8 Å². The summed E-state index contributed by atoms with van der Waals surface area (Å²) in [5.41, 5.74) is 10.1. The zero-order valence-corrected chi connectivity index (χ0v) is 14.4. The average Bonchev–Trinajstić information content (AvgIpc) is 2.84. The number of halogens is 1. The van der Waals surface area contributed by atoms with Crippen molar-refractivity contribution in [1.82, 2.24) is 5.32 Å². The molecule has 0 saturated heterocycles. The number of rotatable bonds is 4. The molecule has 0 amide bonds. The van der Waals surface area contributed by atoms with Gasteiger partial charge in [-0.2, -0.15) is 0 Å². The third-order valence-corrected chi connectivity index (χ3v) is 5.01. The van der Waals surface area contributed by atoms with Crippen LogP contribution in [0.25, 0.3) is 0 Å². The third kappa shape index (κ3) is 2.91. The number of methoxy groups -OCH3 is 1. The molecule has 116 valence electrons. The minimum atomic E-state index is 0.128. The highest BCUT2D eigenvalue weighted by Crippen LogP contribution is 2.38. The first-order chi connectivity index (χ1) is 10.6. The lowest BCUT2D eigenvalue weighted by Crippen LogP contribution is -2.23. The molecule has 3 unspecified atom stereocenters. The molecule has 0 saturated carbocycles. The molecule has 2 aromatic rings. The number of nitrogens with two attached hydrogens (primary N) is 1. The largest absolute Gasteiger partial charge is 0.496 e. The molecule has 2 aromatic carbocycles. The molecule has 4 heteroatoms. The number of ether oxygens (including phenoxy) is 1. The minimum absolute atomic E-state index is 0.128. The van der Waals surface area contributed by atoms with Crippen LogP contribution in [0.1, 0.15) is 48.2 Å². The van der Waals surface area contributed by atoms with E-state index in [1.54, 1.807) is 7.11 Å². The molecule has 0 fully saturated rings. The summed E-state index contributed by atoms with van der Waals surface area (Å²) < 4.78 is 6.27. The number of nitrogens with one attached hydrogen (secondary N) is 1. The molecule has 0 bridgehead atoms. The summed E-state index contributed by atoms with van der Waals surface area (Å²) in [6, 6.07) is 15.3. The van der Waals surface area contributed by atoms with Gasteiger partial charge in [-0.25, -0.2) is 0 Å². The lowest BCUT2D eigenvalue weighted by atomic mass is 10.0. The van der Waals surface area contributed by atoms with Crippen LogP contribution in [0.4, 0.5) is 0 Å². The van der Waals surface area contributed by atoms with Gasteiger partial charge in [0.25, 0.3) is 0 Å². The molecule has 1 aliphatic rings. The van der Waals surface area contributed by atoms with Crippen molar-refractivity contribution in [3.05, 3.63) is 63.6 Å². The van der Waals surface area contributed by atoms with Crippen LogP contribution in [0.5, 0.6) is 5.75 Å². The second-order valence-electron chi connectivity index (χ2n) is 5.81. The molecule has 0 aliphatic heterocycles. The number of hydrogen-bond acceptors (Lipinski definition) is 3. The summed E-state index contributed by atoms with van der Waals surface area (Å²) in [6.07, 6.45) is 0.945. The van der Waals surface area contributed by atoms with E-state index in [-0.39, 0.29) is 12.1 Å². The average molecular weight is 361 g/mol. The van der Waals surface area contributed by atoms with Gasteiger partial charge in [0.1, 0.15) is 5.75 Å². The van der Waals surface area contributed by atoms with Gasteiger partial charge >= 0.3 is 0 Å². The van der Waals surface area contributed by atoms with Crippen LogP contribution >= 0.6 is 15.9 Å². The summed E-state index contributed by atoms with van der Waals surface area (Å²) in [6.45, 7) is 2.18. The quantitative estimate of drug-likeness (QED) is 0.856. The fourth-order valence-electron chi connectivity index (χ4n) is 3.18. The molecule has 22 heavy (non-hydrogen) atoms. The topological polar surface area (TPSA) is 47.3 Å². The minimum Gasteiger partial charge on any atom is -0.496 e. The number of hydrogen-bond donors (Lipinski definition) is 2. The molecule has 3 rings (SSSR count). The van der Waals surface area contributed by atoms with E-state index in [9.17, 15) is 0 Å². The molecule has 1 aliphatic carbocycles. The highest BCUT2D eigenvalue weighted by atomic mass is 79.9. The zero-order chi connectivity index (χ0) is 15.7. The van der Waals surface area contributed by atoms with Gasteiger partial charge in [-0.3, -0.25) is 0 Å². The van der Waals surface area contributed by atoms with E-state index in [0.717, 1.165) is 16.6 Å². The van der Waals surface area contributed by atoms with E-state index >= 15 is 0 Å². The lowest BCUT2D eigenvalue weighted by molar-refractivity contribution is 0.411. The molecular formula is C18H21BrN2O. The smallest absolute Gasteiger partial charge is 0.133 e. The van der Waals surface area contributed by atoms with E-state index in [0.29, 0.717) is 6.04 Å². The first-order valence-corrected chi connectivity index (χ1v) is 8.33. The summed E-state index contributed by atoms with van der Waals surface area (Å²) in [7, 11) is 1.68. The summed E-state index contributed by atoms with van der Waals surface area (Å²) in [5.74, 6) is 0.851. The highest BCUT2D eigenvalue weighted by Gasteiger charge is 2.29. The summed E-state index contributed by atoms with van der Waals surface area (Å²) in [4.78, 5) is 0. The van der Waals surface area contributed by atoms with E-state index in [1.165, 1.54) is 16.7 Å². The van der Waals surface area contributed by atoms with Crippen LogP contribution in [0.3, 0.4) is 0 Å². The Balaban J connectivity index is 1.78. The van der Waals surface area contributed by atoms with Crippen molar-refractivity contribution in [2.24, 2.45) is 5.73 Å². The van der Waals surface area contributed by atoms with Crippen LogP contribution in [-0.2, 0) is 0 Å². The molecule has 3 nitrogen and oxygen atoms in total. The van der Waals surface area contributed by atoms with Crippen molar-refractivity contribution >= 4 is 15.9 Å². The van der Waals surface area contributed by atoms with Crippen molar-refractivity contribution in [3.63, 3.8) is 0 Å². The predicted molar refractivity (Wildman–Crippen MR) is 93.0 cm³/mol. The monoisotopic (exact) mass is 360 g/mol. The van der Waals surface area contributed by atoms with Crippen molar-refractivity contribution in [2.45, 2.75) is 31.5 Å². The Morgan fingerprint density at radius 3 is 2.64 bits per heavy atom. The maximum atomic E-state index is 6.25. The van der Waals surface area contributed by atoms with Gasteiger partial charge in [-0.05, 0) is 58.1 Å². The van der Waals surface area contributed by atoms with Gasteiger partial charge in [-0.1, -0.05) is 30.3 Å². The van der Waals surface area contributed by atoms with Crippen LogP contribution in [0.2, 0.25) is 0 Å². The lowest BCUT2D eigenvalue weighted by Gasteiger charge is -2.21. The van der Waals surface area contributed by atoms with Crippen LogP contribution in [-0.4, -0.2) is 7.11 Å². The standard InChI is InChI=1S/C18H21BrN2O/c1-11(12-7-8-18(22-2)15(19)9-12)21-17-10-16(20)13-5-3-4-6-14(13)17/h3-9,11,16-17,21H,10,20H2,1-2H3. The molecule has 0 aromatic heterocycles. The van der Waals surface area contributed by atoms with Gasteiger partial charge in [0.2, 0.25) is 0 Å². The maximum absolute atomic E-state index is 6.25. The first kappa shape index (κ1) is 15.5. The van der Waals surface area contributed by atoms with Crippen LogP contribution in [0.15, 0.2) is 46.9 Å². The van der Waals surface area contributed by atoms with Gasteiger partial charge in [0.15, 0.2) is 0 Å². The number of benzene rings is 2. The van der Waals surface area contributed by atoms with Crippen LogP contribution < -0.4 is 15.8 Å². The van der Waals surface area contributed by atoms with E-state index in [2.05, 4.69) is 64.6 Å². The fraction of sp³-hybridized carbons (Fsp3) is 0.333. The Labute approximate surface area is 140 Å². The molecule has 3 N–H and O–H groups in total. The predicted octanol–water partition coefficient (Wildman–Crippen LogP) is 4.25. The van der Waals surface area contributed by atoms with E-state index in [1.807, 2.05) is 6.07 Å². The second kappa shape index (κ2) is 6.41. The fourth-order valence-corrected chi connectivity index (χ4v) is 3.74. The molecule has 3 atom stereocenters. The van der Waals surface area contributed by atoms with E-state index in [4.69, 9.17) is 10.5 Å². The summed E-state index contributed by atoms with van der Waals surface area (Å²) >= 11 is 3.55. The highest BCUT2D eigenvalue weighted by molar-refractivity contribution is 9.10. The third-order valence-electron chi connectivity index (χ3n) is 4.39. The normalized spacial score (nSPS) is 21.5. The SMILES string of the molecule is COc1ccc(C(C)NC2CC(N)c3ccccc32)cc1Br. The maximum Gasteiger partial charge on any atom is 0.133 e. The first-order valence-electron chi connectivity index (χ1n) is 7.54. The van der Waals surface area contributed by atoms with Crippen molar-refractivity contribution < 1.29 is 4.74 Å². The van der Waals surface area contributed by atoms with Crippen LogP contribution in [0, 0.1) is 0 Å². The zero-order valence-electron chi connectivity index (χ0n) is 12.8. The van der Waals surface area contributed by atoms with Gasteiger partial charge in [0.05, 0.1) is 11.6 Å². The van der Waals surface area contributed by atoms with E-state index < -0.39 is 0 Å². The van der Waals surface area contributed by atoms with Crippen molar-refractivity contribution in [1.29, 1.82) is 0 Å². The molecular weight excluding hydrogens is 340 g/mol. The van der Waals surface area contributed by atoms with Gasteiger partial charge in [-0.15, -0.1) is 0 Å².